The van der Waals surface area contributed by atoms with Crippen molar-refractivity contribution in [3.05, 3.63) is 79.0 Å². The number of anilines is 2. The molecule has 2 aliphatic heterocycles. The van der Waals surface area contributed by atoms with Gasteiger partial charge in [0.25, 0.3) is 0 Å². The Kier molecular flexibility index (Phi) is 2.24. The number of aromatic nitrogens is 2. The molecular weight excluding hydrogens is 272 g/mol. The van der Waals surface area contributed by atoms with Crippen molar-refractivity contribution in [1.82, 2.24) is 9.55 Å². The molecule has 1 aromatic heterocycles. The summed E-state index contributed by atoms with van der Waals surface area (Å²) in [5.41, 5.74) is 4.74. The smallest absolute Gasteiger partial charge is 0.162 e. The highest BCUT2D eigenvalue weighted by molar-refractivity contribution is 5.89. The first-order chi connectivity index (χ1) is 10.9. The zero-order valence-electron chi connectivity index (χ0n) is 11.9. The largest absolute Gasteiger partial charge is 0.327 e. The fourth-order valence-electron chi connectivity index (χ4n) is 3.23. The molecule has 0 aliphatic carbocycles. The maximum atomic E-state index is 4.55. The van der Waals surface area contributed by atoms with Gasteiger partial charge in [0.2, 0.25) is 0 Å². The predicted octanol–water partition coefficient (Wildman–Crippen LogP) is 3.47. The van der Waals surface area contributed by atoms with E-state index in [0.717, 1.165) is 18.2 Å². The summed E-state index contributed by atoms with van der Waals surface area (Å²) in [6, 6.07) is 18.9. The van der Waals surface area contributed by atoms with E-state index in [1.807, 2.05) is 18.5 Å². The van der Waals surface area contributed by atoms with Crippen molar-refractivity contribution in [3.63, 3.8) is 0 Å². The minimum Gasteiger partial charge on any atom is -0.327 e. The summed E-state index contributed by atoms with van der Waals surface area (Å²) in [5, 5.41) is 0. The minimum atomic E-state index is 0.809. The van der Waals surface area contributed by atoms with E-state index >= 15 is 0 Å². The minimum absolute atomic E-state index is 0.809. The quantitative estimate of drug-likeness (QED) is 0.684. The number of rotatable bonds is 1. The summed E-state index contributed by atoms with van der Waals surface area (Å²) < 4.78 is 2.16. The molecule has 3 heterocycles. The molecule has 0 saturated heterocycles. The van der Waals surface area contributed by atoms with Gasteiger partial charge < -0.3 is 9.80 Å². The summed E-state index contributed by atoms with van der Waals surface area (Å²) in [6.45, 7) is 0.809. The third-order valence-corrected chi connectivity index (χ3v) is 4.25. The zero-order valence-corrected chi connectivity index (χ0v) is 11.9. The molecule has 0 atom stereocenters. The van der Waals surface area contributed by atoms with Gasteiger partial charge in [-0.2, -0.15) is 0 Å². The average Bonchev–Trinajstić information content (AvgIpc) is 3.23. The van der Waals surface area contributed by atoms with Gasteiger partial charge >= 0.3 is 0 Å². The van der Waals surface area contributed by atoms with E-state index in [1.54, 1.807) is 0 Å². The molecule has 0 N–H and O–H groups in total. The lowest BCUT2D eigenvalue weighted by Gasteiger charge is -2.30. The van der Waals surface area contributed by atoms with Crippen LogP contribution in [0.1, 0.15) is 5.82 Å². The van der Waals surface area contributed by atoms with Crippen LogP contribution in [0.25, 0.3) is 11.4 Å². The predicted molar refractivity (Wildman–Crippen MR) is 87.8 cm³/mol. The Bertz CT molecular complexity index is 879. The molecule has 0 unspecified atom stereocenters. The maximum absolute atomic E-state index is 4.55. The van der Waals surface area contributed by atoms with Crippen LogP contribution in [0, 0.1) is 0 Å². The third-order valence-electron chi connectivity index (χ3n) is 4.25. The van der Waals surface area contributed by atoms with Crippen molar-refractivity contribution in [3.8, 4) is 5.69 Å². The van der Waals surface area contributed by atoms with Crippen molar-refractivity contribution in [2.45, 2.75) is 0 Å². The normalized spacial score (nSPS) is 15.2. The summed E-state index contributed by atoms with van der Waals surface area (Å²) in [5.74, 6) is 0.997. The molecule has 0 spiro atoms. The van der Waals surface area contributed by atoms with Crippen LogP contribution in [0.5, 0.6) is 0 Å². The van der Waals surface area contributed by atoms with Crippen molar-refractivity contribution >= 4 is 17.1 Å². The highest BCUT2D eigenvalue weighted by Crippen LogP contribution is 2.40. The number of fused-ring (bicyclic) bond motifs is 6. The average molecular weight is 286 g/mol. The van der Waals surface area contributed by atoms with Gasteiger partial charge in [0.1, 0.15) is 5.70 Å². The Labute approximate surface area is 128 Å². The fraction of sp³-hybridized carbons (Fsp3) is 0.0556. The SMILES string of the molecule is C1=C2c3nccn3-c3ccccc3N2CN1c1ccccc1. The van der Waals surface area contributed by atoms with E-state index < -0.39 is 0 Å². The fourth-order valence-corrected chi connectivity index (χ4v) is 3.23. The molecule has 5 rings (SSSR count). The van der Waals surface area contributed by atoms with Crippen LogP contribution in [0.15, 0.2) is 73.2 Å². The molecule has 2 aromatic carbocycles. The molecule has 3 aromatic rings. The topological polar surface area (TPSA) is 24.3 Å². The van der Waals surface area contributed by atoms with Gasteiger partial charge in [0.15, 0.2) is 5.82 Å². The molecule has 0 saturated carbocycles. The number of hydrogen-bond acceptors (Lipinski definition) is 3. The van der Waals surface area contributed by atoms with E-state index in [0.29, 0.717) is 0 Å². The lowest BCUT2D eigenvalue weighted by Crippen LogP contribution is -2.30. The van der Waals surface area contributed by atoms with Crippen molar-refractivity contribution < 1.29 is 0 Å². The molecule has 22 heavy (non-hydrogen) atoms. The van der Waals surface area contributed by atoms with Gasteiger partial charge in [-0.3, -0.25) is 4.57 Å². The van der Waals surface area contributed by atoms with Gasteiger partial charge in [0.05, 0.1) is 18.0 Å². The highest BCUT2D eigenvalue weighted by atomic mass is 15.4. The second kappa shape index (κ2) is 4.24. The first kappa shape index (κ1) is 11.6. The molecule has 4 heteroatoms. The number of benzene rings is 2. The van der Waals surface area contributed by atoms with Gasteiger partial charge in [-0.1, -0.05) is 30.3 Å². The Balaban J connectivity index is 1.69. The number of para-hydroxylation sites is 3. The van der Waals surface area contributed by atoms with E-state index in [9.17, 15) is 0 Å². The number of hydrogen-bond donors (Lipinski definition) is 0. The van der Waals surface area contributed by atoms with Crippen LogP contribution in [-0.4, -0.2) is 16.2 Å². The molecule has 0 amide bonds. The second-order valence-electron chi connectivity index (χ2n) is 5.50. The Morgan fingerprint density at radius 1 is 0.864 bits per heavy atom. The van der Waals surface area contributed by atoms with Crippen LogP contribution in [-0.2, 0) is 0 Å². The molecule has 106 valence electrons. The molecular formula is C18H14N4. The summed E-state index contributed by atoms with van der Waals surface area (Å²) in [7, 11) is 0. The van der Waals surface area contributed by atoms with Crippen molar-refractivity contribution in [1.29, 1.82) is 0 Å². The van der Waals surface area contributed by atoms with Crippen LogP contribution in [0.4, 0.5) is 11.4 Å². The van der Waals surface area contributed by atoms with Gasteiger partial charge in [-0.15, -0.1) is 0 Å². The van der Waals surface area contributed by atoms with E-state index in [2.05, 4.69) is 74.1 Å². The van der Waals surface area contributed by atoms with E-state index in [1.165, 1.54) is 17.1 Å². The molecule has 0 bridgehead atoms. The molecule has 0 fully saturated rings. The first-order valence-electron chi connectivity index (χ1n) is 7.36. The van der Waals surface area contributed by atoms with Crippen molar-refractivity contribution in [2.24, 2.45) is 0 Å². The highest BCUT2D eigenvalue weighted by Gasteiger charge is 2.32. The molecule has 4 nitrogen and oxygen atoms in total. The Hall–Kier alpha value is -3.01. The lowest BCUT2D eigenvalue weighted by molar-refractivity contribution is 0.916. The monoisotopic (exact) mass is 286 g/mol. The summed E-state index contributed by atoms with van der Waals surface area (Å²) in [4.78, 5) is 9.14. The lowest BCUT2D eigenvalue weighted by atomic mass is 10.2. The Morgan fingerprint density at radius 3 is 2.50 bits per heavy atom. The van der Waals surface area contributed by atoms with Crippen LogP contribution < -0.4 is 9.80 Å². The standard InChI is InChI=1S/C18H14N4/c1-2-6-14(7-3-1)20-12-17-18-19-10-11-21(18)15-8-4-5-9-16(15)22(17)13-20/h1-12H,13H2. The van der Waals surface area contributed by atoms with Gasteiger partial charge in [-0.05, 0) is 24.3 Å². The maximum Gasteiger partial charge on any atom is 0.162 e. The Morgan fingerprint density at radius 2 is 1.64 bits per heavy atom. The third kappa shape index (κ3) is 1.49. The van der Waals surface area contributed by atoms with Crippen LogP contribution in [0.2, 0.25) is 0 Å². The van der Waals surface area contributed by atoms with Crippen molar-refractivity contribution in [2.75, 3.05) is 16.5 Å². The molecule has 0 radical (unpaired) electrons. The first-order valence-corrected chi connectivity index (χ1v) is 7.36. The summed E-state index contributed by atoms with van der Waals surface area (Å²) >= 11 is 0. The van der Waals surface area contributed by atoms with E-state index in [4.69, 9.17) is 0 Å². The summed E-state index contributed by atoms with van der Waals surface area (Å²) in [6.07, 6.45) is 6.07. The van der Waals surface area contributed by atoms with Gasteiger partial charge in [0, 0.05) is 24.3 Å². The zero-order chi connectivity index (χ0) is 14.5. The second-order valence-corrected chi connectivity index (χ2v) is 5.50. The number of nitrogens with zero attached hydrogens (tertiary/aromatic N) is 4. The van der Waals surface area contributed by atoms with E-state index in [-0.39, 0.29) is 0 Å². The van der Waals surface area contributed by atoms with Crippen LogP contribution >= 0.6 is 0 Å². The van der Waals surface area contributed by atoms with Gasteiger partial charge in [-0.25, -0.2) is 4.98 Å². The number of imidazole rings is 1. The van der Waals surface area contributed by atoms with Crippen LogP contribution in [0.3, 0.4) is 0 Å². The molecule has 2 aliphatic rings.